The van der Waals surface area contributed by atoms with E-state index in [1.165, 1.54) is 0 Å². The Hall–Kier alpha value is -2.45. The van der Waals surface area contributed by atoms with Gasteiger partial charge in [0.15, 0.2) is 5.79 Å². The number of hydrogen-bond acceptors (Lipinski definition) is 5. The van der Waals surface area contributed by atoms with Crippen LogP contribution in [0.5, 0.6) is 0 Å². The molecule has 30 heavy (non-hydrogen) atoms. The molecule has 1 atom stereocenters. The van der Waals surface area contributed by atoms with Crippen LogP contribution in [0.3, 0.4) is 0 Å². The van der Waals surface area contributed by atoms with Crippen molar-refractivity contribution in [3.8, 4) is 0 Å². The summed E-state index contributed by atoms with van der Waals surface area (Å²) < 4.78 is 11.5. The molecule has 4 aliphatic heterocycles. The monoisotopic (exact) mass is 413 g/mol. The van der Waals surface area contributed by atoms with E-state index in [4.69, 9.17) is 9.47 Å². The summed E-state index contributed by atoms with van der Waals surface area (Å²) in [6.45, 7) is 5.08. The second kappa shape index (κ2) is 7.35. The highest BCUT2D eigenvalue weighted by Crippen LogP contribution is 2.35. The van der Waals surface area contributed by atoms with Gasteiger partial charge < -0.3 is 24.2 Å². The third-order valence-corrected chi connectivity index (χ3v) is 6.78. The molecular formula is C22H27N3O5. The summed E-state index contributed by atoms with van der Waals surface area (Å²) in [4.78, 5) is 42.8. The molecule has 0 aromatic heterocycles. The van der Waals surface area contributed by atoms with Crippen LogP contribution in [0.1, 0.15) is 31.7 Å². The van der Waals surface area contributed by atoms with Crippen molar-refractivity contribution in [1.29, 1.82) is 0 Å². The number of likely N-dealkylation sites (tertiary alicyclic amines) is 1. The van der Waals surface area contributed by atoms with E-state index >= 15 is 0 Å². The van der Waals surface area contributed by atoms with Crippen molar-refractivity contribution < 1.29 is 23.9 Å². The molecule has 0 radical (unpaired) electrons. The van der Waals surface area contributed by atoms with Gasteiger partial charge in [0.1, 0.15) is 0 Å². The fourth-order valence-corrected chi connectivity index (χ4v) is 5.12. The Balaban J connectivity index is 1.25. The minimum Gasteiger partial charge on any atom is -0.347 e. The van der Waals surface area contributed by atoms with E-state index in [-0.39, 0.29) is 30.1 Å². The van der Waals surface area contributed by atoms with Gasteiger partial charge in [-0.05, 0) is 30.2 Å². The number of hydrogen-bond donors (Lipinski definition) is 0. The first kappa shape index (κ1) is 19.5. The molecule has 3 fully saturated rings. The standard InChI is InChI=1S/C22H27N3O5/c1-15(26)24-7-4-16-12-18(2-3-19(16)24)25-14-17(13-20(25)27)21(28)23-8-5-22(6-9-23)29-10-11-30-22/h2-3,12,17H,4-11,13-14H2,1H3/t17-/m1/s1. The third kappa shape index (κ3) is 3.28. The molecule has 1 spiro atoms. The zero-order chi connectivity index (χ0) is 20.9. The Bertz CT molecular complexity index is 885. The number of amides is 3. The van der Waals surface area contributed by atoms with Crippen molar-refractivity contribution in [3.63, 3.8) is 0 Å². The second-order valence-electron chi connectivity index (χ2n) is 8.57. The highest BCUT2D eigenvalue weighted by Gasteiger charge is 2.43. The van der Waals surface area contributed by atoms with Gasteiger partial charge in [0, 0.05) is 63.7 Å². The van der Waals surface area contributed by atoms with Crippen LogP contribution in [0.2, 0.25) is 0 Å². The molecule has 8 nitrogen and oxygen atoms in total. The van der Waals surface area contributed by atoms with E-state index in [1.54, 1.807) is 16.7 Å². The van der Waals surface area contributed by atoms with E-state index in [0.29, 0.717) is 52.2 Å². The lowest BCUT2D eigenvalue weighted by molar-refractivity contribution is -0.188. The quantitative estimate of drug-likeness (QED) is 0.731. The summed E-state index contributed by atoms with van der Waals surface area (Å²) in [5.41, 5.74) is 2.80. The molecule has 5 rings (SSSR count). The number of piperidine rings is 1. The van der Waals surface area contributed by atoms with E-state index in [9.17, 15) is 14.4 Å². The van der Waals surface area contributed by atoms with Crippen molar-refractivity contribution in [2.75, 3.05) is 49.2 Å². The topological polar surface area (TPSA) is 79.4 Å². The Kier molecular flexibility index (Phi) is 4.78. The summed E-state index contributed by atoms with van der Waals surface area (Å²) in [5, 5.41) is 0. The molecule has 1 aromatic rings. The maximum atomic E-state index is 13.1. The number of ether oxygens (including phenoxy) is 2. The minimum atomic E-state index is -0.507. The van der Waals surface area contributed by atoms with E-state index in [0.717, 1.165) is 23.4 Å². The highest BCUT2D eigenvalue weighted by atomic mass is 16.7. The van der Waals surface area contributed by atoms with Crippen LogP contribution in [0.25, 0.3) is 0 Å². The van der Waals surface area contributed by atoms with Crippen molar-refractivity contribution >= 4 is 29.1 Å². The smallest absolute Gasteiger partial charge is 0.228 e. The van der Waals surface area contributed by atoms with Crippen LogP contribution in [-0.2, 0) is 30.3 Å². The predicted molar refractivity (Wildman–Crippen MR) is 109 cm³/mol. The van der Waals surface area contributed by atoms with Gasteiger partial charge >= 0.3 is 0 Å². The van der Waals surface area contributed by atoms with Gasteiger partial charge in [-0.25, -0.2) is 0 Å². The zero-order valence-corrected chi connectivity index (χ0v) is 17.3. The molecule has 8 heteroatoms. The second-order valence-corrected chi connectivity index (χ2v) is 8.57. The summed E-state index contributed by atoms with van der Waals surface area (Å²) in [7, 11) is 0. The Morgan fingerprint density at radius 3 is 2.53 bits per heavy atom. The fourth-order valence-electron chi connectivity index (χ4n) is 5.12. The zero-order valence-electron chi connectivity index (χ0n) is 17.3. The van der Waals surface area contributed by atoms with Crippen LogP contribution in [0.15, 0.2) is 18.2 Å². The van der Waals surface area contributed by atoms with Gasteiger partial charge in [0.2, 0.25) is 17.7 Å². The summed E-state index contributed by atoms with van der Waals surface area (Å²) >= 11 is 0. The van der Waals surface area contributed by atoms with Crippen LogP contribution in [0, 0.1) is 5.92 Å². The number of nitrogens with zero attached hydrogens (tertiary/aromatic N) is 3. The number of rotatable bonds is 2. The SMILES string of the molecule is CC(=O)N1CCc2cc(N3C[C@H](C(=O)N4CCC5(CC4)OCCO5)CC3=O)ccc21. The maximum Gasteiger partial charge on any atom is 0.228 e. The van der Waals surface area contributed by atoms with Crippen molar-refractivity contribution in [3.05, 3.63) is 23.8 Å². The average molecular weight is 413 g/mol. The lowest BCUT2D eigenvalue weighted by atomic mass is 10.0. The molecule has 4 aliphatic rings. The summed E-state index contributed by atoms with van der Waals surface area (Å²) in [6, 6.07) is 5.78. The lowest BCUT2D eigenvalue weighted by Crippen LogP contribution is -2.49. The van der Waals surface area contributed by atoms with Gasteiger partial charge in [-0.2, -0.15) is 0 Å². The van der Waals surface area contributed by atoms with E-state index in [2.05, 4.69) is 0 Å². The normalized spacial score (nSPS) is 25.3. The molecule has 3 saturated heterocycles. The molecule has 0 unspecified atom stereocenters. The molecule has 1 aromatic carbocycles. The average Bonchev–Trinajstić information content (AvgIpc) is 3.46. The van der Waals surface area contributed by atoms with Gasteiger partial charge in [-0.1, -0.05) is 0 Å². The Labute approximate surface area is 175 Å². The largest absolute Gasteiger partial charge is 0.347 e. The van der Waals surface area contributed by atoms with E-state index < -0.39 is 5.79 Å². The number of benzene rings is 1. The van der Waals surface area contributed by atoms with Crippen LogP contribution >= 0.6 is 0 Å². The molecular weight excluding hydrogens is 386 g/mol. The summed E-state index contributed by atoms with van der Waals surface area (Å²) in [5.74, 6) is -0.778. The van der Waals surface area contributed by atoms with Gasteiger partial charge in [0.05, 0.1) is 19.1 Å². The van der Waals surface area contributed by atoms with Gasteiger partial charge in [-0.15, -0.1) is 0 Å². The minimum absolute atomic E-state index is 0.0225. The first-order valence-electron chi connectivity index (χ1n) is 10.7. The number of fused-ring (bicyclic) bond motifs is 1. The molecule has 0 saturated carbocycles. The third-order valence-electron chi connectivity index (χ3n) is 6.78. The number of carbonyl (C=O) groups is 3. The Morgan fingerprint density at radius 2 is 1.83 bits per heavy atom. The van der Waals surface area contributed by atoms with E-state index in [1.807, 2.05) is 23.1 Å². The molecule has 4 heterocycles. The van der Waals surface area contributed by atoms with Crippen molar-refractivity contribution in [1.82, 2.24) is 4.90 Å². The van der Waals surface area contributed by atoms with Crippen molar-refractivity contribution in [2.45, 2.75) is 38.4 Å². The lowest BCUT2D eigenvalue weighted by Gasteiger charge is -2.38. The molecule has 0 N–H and O–H groups in total. The maximum absolute atomic E-state index is 13.1. The van der Waals surface area contributed by atoms with Crippen LogP contribution < -0.4 is 9.80 Å². The first-order chi connectivity index (χ1) is 14.5. The molecule has 0 aliphatic carbocycles. The predicted octanol–water partition coefficient (Wildman–Crippen LogP) is 1.31. The van der Waals surface area contributed by atoms with Crippen LogP contribution in [-0.4, -0.2) is 67.8 Å². The Morgan fingerprint density at radius 1 is 1.10 bits per heavy atom. The molecule has 0 bridgehead atoms. The number of carbonyl (C=O) groups excluding carboxylic acids is 3. The van der Waals surface area contributed by atoms with Crippen molar-refractivity contribution in [2.24, 2.45) is 5.92 Å². The fraction of sp³-hybridized carbons (Fsp3) is 0.591. The highest BCUT2D eigenvalue weighted by molar-refractivity contribution is 6.01. The first-order valence-corrected chi connectivity index (χ1v) is 10.7. The van der Waals surface area contributed by atoms with Gasteiger partial charge in [0.25, 0.3) is 0 Å². The molecule has 3 amide bonds. The summed E-state index contributed by atoms with van der Waals surface area (Å²) in [6.07, 6.45) is 2.39. The van der Waals surface area contributed by atoms with Crippen LogP contribution in [0.4, 0.5) is 11.4 Å². The molecule has 160 valence electrons. The number of anilines is 2. The van der Waals surface area contributed by atoms with Gasteiger partial charge in [-0.3, -0.25) is 14.4 Å².